The number of methoxy groups -OCH3 is 1. The van der Waals surface area contributed by atoms with E-state index >= 15 is 0 Å². The molecule has 0 amide bonds. The lowest BCUT2D eigenvalue weighted by Gasteiger charge is -2.31. The second-order valence-electron chi connectivity index (χ2n) is 3.34. The fourth-order valence-electron chi connectivity index (χ4n) is 1.69. The minimum atomic E-state index is -0.200. The molecule has 0 saturated carbocycles. The van der Waals surface area contributed by atoms with E-state index in [1.807, 2.05) is 0 Å². The zero-order chi connectivity index (χ0) is 8.81. The van der Waals surface area contributed by atoms with Crippen LogP contribution in [0.5, 0.6) is 0 Å². The van der Waals surface area contributed by atoms with E-state index in [0.29, 0.717) is 12.5 Å². The van der Waals surface area contributed by atoms with Crippen molar-refractivity contribution in [1.29, 1.82) is 0 Å². The maximum atomic E-state index is 11.9. The van der Waals surface area contributed by atoms with E-state index in [0.717, 1.165) is 26.1 Å². The third kappa shape index (κ3) is 3.07. The maximum absolute atomic E-state index is 11.9. The minimum Gasteiger partial charge on any atom is -0.380 e. The van der Waals surface area contributed by atoms with Gasteiger partial charge in [0.05, 0.1) is 12.8 Å². The Morgan fingerprint density at radius 2 is 2.42 bits per heavy atom. The molecule has 0 N–H and O–H groups in total. The molecule has 1 aliphatic heterocycles. The molecule has 1 aliphatic rings. The second-order valence-corrected chi connectivity index (χ2v) is 3.34. The number of likely N-dealkylation sites (tertiary alicyclic amines) is 1. The topological polar surface area (TPSA) is 12.5 Å². The molecule has 1 fully saturated rings. The minimum absolute atomic E-state index is 0.200. The van der Waals surface area contributed by atoms with Crippen LogP contribution >= 0.6 is 0 Å². The van der Waals surface area contributed by atoms with E-state index < -0.39 is 0 Å². The molecule has 0 aromatic carbocycles. The third-order valence-corrected chi connectivity index (χ3v) is 2.40. The van der Waals surface area contributed by atoms with E-state index in [1.165, 1.54) is 6.42 Å². The van der Waals surface area contributed by atoms with Crippen molar-refractivity contribution in [2.75, 3.05) is 33.4 Å². The zero-order valence-electron chi connectivity index (χ0n) is 7.76. The maximum Gasteiger partial charge on any atom is 0.0906 e. The Morgan fingerprint density at radius 3 is 3.08 bits per heavy atom. The molecule has 0 spiro atoms. The van der Waals surface area contributed by atoms with Crippen molar-refractivity contribution >= 4 is 0 Å². The number of nitrogens with zero attached hydrogens (tertiary/aromatic N) is 1. The highest BCUT2D eigenvalue weighted by molar-refractivity contribution is 4.72. The number of hydrogen-bond acceptors (Lipinski definition) is 2. The fraction of sp³-hybridized carbons (Fsp3) is 1.00. The van der Waals surface area contributed by atoms with Gasteiger partial charge in [-0.2, -0.15) is 0 Å². The molecule has 0 aromatic rings. The van der Waals surface area contributed by atoms with E-state index in [4.69, 9.17) is 4.74 Å². The summed E-state index contributed by atoms with van der Waals surface area (Å²) in [6.45, 7) is 2.78. The van der Waals surface area contributed by atoms with Crippen molar-refractivity contribution < 1.29 is 9.13 Å². The Bertz CT molecular complexity index is 121. The first-order valence-electron chi connectivity index (χ1n) is 4.68. The van der Waals surface area contributed by atoms with Crippen molar-refractivity contribution in [3.63, 3.8) is 0 Å². The van der Waals surface area contributed by atoms with Crippen LogP contribution in [0.2, 0.25) is 0 Å². The molecular formula is C9H18FNO. The highest BCUT2D eigenvalue weighted by Crippen LogP contribution is 2.12. The summed E-state index contributed by atoms with van der Waals surface area (Å²) in [4.78, 5) is 2.29. The SMILES string of the molecule is CO[C@H]1CCCN(CCCF)C1. The Kier molecular flexibility index (Phi) is 4.54. The smallest absolute Gasteiger partial charge is 0.0906 e. The van der Waals surface area contributed by atoms with Gasteiger partial charge in [0.2, 0.25) is 0 Å². The first kappa shape index (κ1) is 9.93. The van der Waals surface area contributed by atoms with Gasteiger partial charge in [0.15, 0.2) is 0 Å². The summed E-state index contributed by atoms with van der Waals surface area (Å²) in [6, 6.07) is 0. The van der Waals surface area contributed by atoms with Crippen LogP contribution in [-0.4, -0.2) is 44.4 Å². The molecule has 0 unspecified atom stereocenters. The second kappa shape index (κ2) is 5.49. The predicted octanol–water partition coefficient (Wildman–Crippen LogP) is 1.46. The summed E-state index contributed by atoms with van der Waals surface area (Å²) in [7, 11) is 1.75. The molecule has 3 heteroatoms. The lowest BCUT2D eigenvalue weighted by molar-refractivity contribution is 0.0305. The van der Waals surface area contributed by atoms with Crippen LogP contribution in [0.3, 0.4) is 0 Å². The van der Waals surface area contributed by atoms with Crippen LogP contribution in [-0.2, 0) is 4.74 Å². The van der Waals surface area contributed by atoms with E-state index in [9.17, 15) is 4.39 Å². The normalized spacial score (nSPS) is 26.0. The number of rotatable bonds is 4. The van der Waals surface area contributed by atoms with Gasteiger partial charge in [0.25, 0.3) is 0 Å². The highest BCUT2D eigenvalue weighted by Gasteiger charge is 2.18. The first-order chi connectivity index (χ1) is 5.86. The Hall–Kier alpha value is -0.150. The van der Waals surface area contributed by atoms with Gasteiger partial charge in [0, 0.05) is 20.2 Å². The summed E-state index contributed by atoms with van der Waals surface area (Å²) in [5, 5.41) is 0. The summed E-state index contributed by atoms with van der Waals surface area (Å²) in [5.41, 5.74) is 0. The van der Waals surface area contributed by atoms with E-state index in [-0.39, 0.29) is 6.67 Å². The molecule has 0 aliphatic carbocycles. The van der Waals surface area contributed by atoms with Crippen LogP contribution in [0.25, 0.3) is 0 Å². The number of piperidine rings is 1. The van der Waals surface area contributed by atoms with Crippen LogP contribution in [0.15, 0.2) is 0 Å². The van der Waals surface area contributed by atoms with Gasteiger partial charge in [-0.3, -0.25) is 4.39 Å². The standard InChI is InChI=1S/C9H18FNO/c1-12-9-4-2-6-11(8-9)7-3-5-10/h9H,2-8H2,1H3/t9-/m0/s1. The summed E-state index contributed by atoms with van der Waals surface area (Å²) in [5.74, 6) is 0. The van der Waals surface area contributed by atoms with Crippen molar-refractivity contribution in [2.45, 2.75) is 25.4 Å². The molecule has 1 rings (SSSR count). The number of hydrogen-bond donors (Lipinski definition) is 0. The average molecular weight is 175 g/mol. The van der Waals surface area contributed by atoms with Gasteiger partial charge in [-0.1, -0.05) is 0 Å². The fourth-order valence-corrected chi connectivity index (χ4v) is 1.69. The molecular weight excluding hydrogens is 157 g/mol. The number of halogens is 1. The summed E-state index contributed by atoms with van der Waals surface area (Å²) in [6.07, 6.45) is 3.38. The van der Waals surface area contributed by atoms with Crippen molar-refractivity contribution in [1.82, 2.24) is 4.90 Å². The Labute approximate surface area is 73.7 Å². The molecule has 0 radical (unpaired) electrons. The molecule has 12 heavy (non-hydrogen) atoms. The van der Waals surface area contributed by atoms with Gasteiger partial charge in [-0.25, -0.2) is 0 Å². The lowest BCUT2D eigenvalue weighted by Crippen LogP contribution is -2.39. The van der Waals surface area contributed by atoms with Crippen LogP contribution in [0.1, 0.15) is 19.3 Å². The third-order valence-electron chi connectivity index (χ3n) is 2.40. The molecule has 1 saturated heterocycles. The van der Waals surface area contributed by atoms with Crippen LogP contribution in [0.4, 0.5) is 4.39 Å². The Morgan fingerprint density at radius 1 is 1.58 bits per heavy atom. The average Bonchev–Trinajstić information content (AvgIpc) is 2.15. The van der Waals surface area contributed by atoms with Gasteiger partial charge >= 0.3 is 0 Å². The molecule has 0 bridgehead atoms. The molecule has 1 heterocycles. The van der Waals surface area contributed by atoms with Gasteiger partial charge < -0.3 is 9.64 Å². The monoisotopic (exact) mass is 175 g/mol. The predicted molar refractivity (Wildman–Crippen MR) is 47.1 cm³/mol. The number of ether oxygens (including phenoxy) is 1. The first-order valence-corrected chi connectivity index (χ1v) is 4.68. The van der Waals surface area contributed by atoms with Gasteiger partial charge in [-0.15, -0.1) is 0 Å². The lowest BCUT2D eigenvalue weighted by atomic mass is 10.1. The highest BCUT2D eigenvalue weighted by atomic mass is 19.1. The number of alkyl halides is 1. The summed E-state index contributed by atoms with van der Waals surface area (Å²) < 4.78 is 17.1. The van der Waals surface area contributed by atoms with Crippen LogP contribution in [0, 0.1) is 0 Å². The molecule has 2 nitrogen and oxygen atoms in total. The quantitative estimate of drug-likeness (QED) is 0.641. The van der Waals surface area contributed by atoms with Gasteiger partial charge in [0.1, 0.15) is 0 Å². The van der Waals surface area contributed by atoms with Gasteiger partial charge in [-0.05, 0) is 25.8 Å². The molecule has 1 atom stereocenters. The van der Waals surface area contributed by atoms with Crippen molar-refractivity contribution in [2.24, 2.45) is 0 Å². The van der Waals surface area contributed by atoms with E-state index in [2.05, 4.69) is 4.90 Å². The summed E-state index contributed by atoms with van der Waals surface area (Å²) >= 11 is 0. The van der Waals surface area contributed by atoms with Crippen LogP contribution < -0.4 is 0 Å². The largest absolute Gasteiger partial charge is 0.380 e. The Balaban J connectivity index is 2.16. The molecule has 72 valence electrons. The van der Waals surface area contributed by atoms with Crippen molar-refractivity contribution in [3.05, 3.63) is 0 Å². The van der Waals surface area contributed by atoms with E-state index in [1.54, 1.807) is 7.11 Å². The van der Waals surface area contributed by atoms with Crippen molar-refractivity contribution in [3.8, 4) is 0 Å². The zero-order valence-corrected chi connectivity index (χ0v) is 7.76. The molecule has 0 aromatic heterocycles.